The monoisotopic (exact) mass is 728 g/mol. The average molecular weight is 729 g/mol. The fourth-order valence-corrected chi connectivity index (χ4v) is 9.29. The number of anilines is 3. The van der Waals surface area contributed by atoms with E-state index >= 15 is 0 Å². The molecule has 0 aliphatic heterocycles. The van der Waals surface area contributed by atoms with Crippen LogP contribution in [0.15, 0.2) is 206 Å². The topological polar surface area (TPSA) is 8.17 Å². The largest absolute Gasteiger partial charge is 0.310 e. The van der Waals surface area contributed by atoms with Gasteiger partial charge >= 0.3 is 0 Å². The standard InChI is InChI=1S/C55H40N2/c1-55(2)51-19-8-5-16-47(51)50-36-46(32-33-52(50)55)56(45-15-11-14-41(35-45)42-23-22-37-12-3-4-13-40(37)34-42)43-28-24-38(25-29-43)39-26-30-44(31-27-39)57-53-20-9-6-17-48(53)49-18-7-10-21-54(49)57/h3-36H,1-2H3. The van der Waals surface area contributed by atoms with E-state index in [4.69, 9.17) is 0 Å². The van der Waals surface area contributed by atoms with Crippen molar-refractivity contribution in [2.75, 3.05) is 4.90 Å². The first-order valence-electron chi connectivity index (χ1n) is 19.8. The van der Waals surface area contributed by atoms with Crippen molar-refractivity contribution in [3.05, 3.63) is 217 Å². The average Bonchev–Trinajstić information content (AvgIpc) is 3.72. The number of rotatable bonds is 6. The lowest BCUT2D eigenvalue weighted by Gasteiger charge is -2.28. The molecule has 57 heavy (non-hydrogen) atoms. The maximum Gasteiger partial charge on any atom is 0.0541 e. The fourth-order valence-electron chi connectivity index (χ4n) is 9.29. The summed E-state index contributed by atoms with van der Waals surface area (Å²) >= 11 is 0. The molecule has 0 radical (unpaired) electrons. The molecule has 2 nitrogen and oxygen atoms in total. The molecule has 0 fully saturated rings. The summed E-state index contributed by atoms with van der Waals surface area (Å²) in [5, 5.41) is 5.05. The molecule has 0 atom stereocenters. The van der Waals surface area contributed by atoms with Gasteiger partial charge in [-0.2, -0.15) is 0 Å². The van der Waals surface area contributed by atoms with E-state index in [1.165, 1.54) is 77.1 Å². The highest BCUT2D eigenvalue weighted by Crippen LogP contribution is 2.50. The highest BCUT2D eigenvalue weighted by Gasteiger charge is 2.35. The molecule has 11 rings (SSSR count). The molecule has 0 spiro atoms. The van der Waals surface area contributed by atoms with E-state index in [1.54, 1.807) is 0 Å². The molecular weight excluding hydrogens is 689 g/mol. The molecule has 0 saturated carbocycles. The summed E-state index contributed by atoms with van der Waals surface area (Å²) in [6, 6.07) is 75.7. The molecule has 0 N–H and O–H groups in total. The van der Waals surface area contributed by atoms with Crippen molar-refractivity contribution >= 4 is 49.6 Å². The molecule has 2 heteroatoms. The van der Waals surface area contributed by atoms with Gasteiger partial charge in [-0.1, -0.05) is 153 Å². The van der Waals surface area contributed by atoms with Crippen LogP contribution < -0.4 is 4.90 Å². The van der Waals surface area contributed by atoms with Crippen molar-refractivity contribution in [3.63, 3.8) is 0 Å². The Morgan fingerprint density at radius 3 is 1.68 bits per heavy atom. The Kier molecular flexibility index (Phi) is 7.55. The molecule has 0 saturated heterocycles. The van der Waals surface area contributed by atoms with Crippen molar-refractivity contribution in [2.45, 2.75) is 19.3 Å². The van der Waals surface area contributed by atoms with Crippen molar-refractivity contribution in [1.82, 2.24) is 4.57 Å². The number of aromatic nitrogens is 1. The SMILES string of the molecule is CC1(C)c2ccccc2-c2cc(N(c3ccc(-c4ccc(-n5c6ccccc6c6ccccc65)cc4)cc3)c3cccc(-c4ccc5ccccc5c4)c3)ccc21. The van der Waals surface area contributed by atoms with Crippen LogP contribution in [0.2, 0.25) is 0 Å². The lowest BCUT2D eigenvalue weighted by Crippen LogP contribution is -2.15. The molecule has 10 aromatic rings. The lowest BCUT2D eigenvalue weighted by molar-refractivity contribution is 0.660. The van der Waals surface area contributed by atoms with Gasteiger partial charge in [0.25, 0.3) is 0 Å². The zero-order chi connectivity index (χ0) is 38.1. The van der Waals surface area contributed by atoms with Crippen LogP contribution in [-0.2, 0) is 5.41 Å². The van der Waals surface area contributed by atoms with Crippen molar-refractivity contribution < 1.29 is 0 Å². The summed E-state index contributed by atoms with van der Waals surface area (Å²) in [4.78, 5) is 2.41. The van der Waals surface area contributed by atoms with Crippen LogP contribution in [0.4, 0.5) is 17.1 Å². The maximum atomic E-state index is 2.41. The van der Waals surface area contributed by atoms with Crippen molar-refractivity contribution in [3.8, 4) is 39.1 Å². The molecule has 1 aromatic heterocycles. The minimum Gasteiger partial charge on any atom is -0.310 e. The zero-order valence-corrected chi connectivity index (χ0v) is 32.0. The summed E-state index contributed by atoms with van der Waals surface area (Å²) < 4.78 is 2.37. The van der Waals surface area contributed by atoms with Gasteiger partial charge in [-0.25, -0.2) is 0 Å². The van der Waals surface area contributed by atoms with Crippen LogP contribution in [0.3, 0.4) is 0 Å². The van der Waals surface area contributed by atoms with Gasteiger partial charge in [-0.3, -0.25) is 0 Å². The van der Waals surface area contributed by atoms with Gasteiger partial charge in [-0.15, -0.1) is 0 Å². The van der Waals surface area contributed by atoms with Crippen LogP contribution in [0.25, 0.3) is 71.6 Å². The molecular formula is C55H40N2. The Bertz CT molecular complexity index is 3090. The predicted octanol–water partition coefficient (Wildman–Crippen LogP) is 15.0. The van der Waals surface area contributed by atoms with E-state index in [1.807, 2.05) is 0 Å². The maximum absolute atomic E-state index is 2.41. The molecule has 1 aliphatic rings. The van der Waals surface area contributed by atoms with Gasteiger partial charge in [0, 0.05) is 38.9 Å². The summed E-state index contributed by atoms with van der Waals surface area (Å²) in [5.41, 5.74) is 17.1. The third-order valence-corrected chi connectivity index (χ3v) is 12.2. The Hall–Kier alpha value is -7.16. The third-order valence-electron chi connectivity index (χ3n) is 12.2. The van der Waals surface area contributed by atoms with Gasteiger partial charge in [0.1, 0.15) is 0 Å². The van der Waals surface area contributed by atoms with Crippen molar-refractivity contribution in [1.29, 1.82) is 0 Å². The number of hydrogen-bond donors (Lipinski definition) is 0. The number of nitrogens with zero attached hydrogens (tertiary/aromatic N) is 2. The predicted molar refractivity (Wildman–Crippen MR) is 241 cm³/mol. The molecule has 9 aromatic carbocycles. The highest BCUT2D eigenvalue weighted by molar-refractivity contribution is 6.09. The highest BCUT2D eigenvalue weighted by atomic mass is 15.1. The van der Waals surface area contributed by atoms with E-state index < -0.39 is 0 Å². The smallest absolute Gasteiger partial charge is 0.0541 e. The van der Waals surface area contributed by atoms with Gasteiger partial charge in [0.2, 0.25) is 0 Å². The molecule has 0 unspecified atom stereocenters. The normalized spacial score (nSPS) is 12.9. The first-order valence-corrected chi connectivity index (χ1v) is 19.8. The summed E-state index contributed by atoms with van der Waals surface area (Å²) in [6.07, 6.45) is 0. The minimum atomic E-state index is -0.0516. The number of para-hydroxylation sites is 2. The van der Waals surface area contributed by atoms with E-state index in [2.05, 4.69) is 230 Å². The van der Waals surface area contributed by atoms with E-state index in [0.29, 0.717) is 0 Å². The van der Waals surface area contributed by atoms with Crippen LogP contribution in [0, 0.1) is 0 Å². The second-order valence-corrected chi connectivity index (χ2v) is 15.8. The first kappa shape index (κ1) is 33.2. The molecule has 1 heterocycles. The summed E-state index contributed by atoms with van der Waals surface area (Å²) in [6.45, 7) is 4.69. The Morgan fingerprint density at radius 2 is 0.930 bits per heavy atom. The zero-order valence-electron chi connectivity index (χ0n) is 32.0. The molecule has 0 amide bonds. The van der Waals surface area contributed by atoms with Crippen molar-refractivity contribution in [2.24, 2.45) is 0 Å². The van der Waals surface area contributed by atoms with Crippen LogP contribution in [0.1, 0.15) is 25.0 Å². The first-order chi connectivity index (χ1) is 28.0. The number of benzene rings is 9. The van der Waals surface area contributed by atoms with E-state index in [0.717, 1.165) is 22.7 Å². The Balaban J connectivity index is 0.995. The molecule has 270 valence electrons. The third kappa shape index (κ3) is 5.40. The summed E-state index contributed by atoms with van der Waals surface area (Å²) in [7, 11) is 0. The minimum absolute atomic E-state index is 0.0516. The van der Waals surface area contributed by atoms with Crippen LogP contribution in [0.5, 0.6) is 0 Å². The Labute approximate surface area is 333 Å². The van der Waals surface area contributed by atoms with E-state index in [9.17, 15) is 0 Å². The van der Waals surface area contributed by atoms with Gasteiger partial charge in [0.05, 0.1) is 11.0 Å². The van der Waals surface area contributed by atoms with Gasteiger partial charge in [-0.05, 0) is 122 Å². The number of fused-ring (bicyclic) bond motifs is 7. The lowest BCUT2D eigenvalue weighted by atomic mass is 9.82. The summed E-state index contributed by atoms with van der Waals surface area (Å²) in [5.74, 6) is 0. The van der Waals surface area contributed by atoms with E-state index in [-0.39, 0.29) is 5.41 Å². The van der Waals surface area contributed by atoms with Crippen LogP contribution in [-0.4, -0.2) is 4.57 Å². The molecule has 1 aliphatic carbocycles. The second-order valence-electron chi connectivity index (χ2n) is 15.8. The van der Waals surface area contributed by atoms with Gasteiger partial charge in [0.15, 0.2) is 0 Å². The fraction of sp³-hybridized carbons (Fsp3) is 0.0545. The number of hydrogen-bond acceptors (Lipinski definition) is 1. The quantitative estimate of drug-likeness (QED) is 0.165. The Morgan fingerprint density at radius 1 is 0.368 bits per heavy atom. The second kappa shape index (κ2) is 13.0. The van der Waals surface area contributed by atoms with Crippen LogP contribution >= 0.6 is 0 Å². The molecule has 0 bridgehead atoms. The van der Waals surface area contributed by atoms with Gasteiger partial charge < -0.3 is 9.47 Å².